The van der Waals surface area contributed by atoms with Gasteiger partial charge in [-0.1, -0.05) is 0 Å². The van der Waals surface area contributed by atoms with Gasteiger partial charge in [0.1, 0.15) is 17.2 Å². The number of hydrogen-bond donors (Lipinski definition) is 0. The normalized spacial score (nSPS) is 11.4. The van der Waals surface area contributed by atoms with E-state index in [1.54, 1.807) is 20.8 Å². The molecule has 0 heterocycles. The van der Waals surface area contributed by atoms with Gasteiger partial charge in [0.15, 0.2) is 0 Å². The van der Waals surface area contributed by atoms with Gasteiger partial charge in [0.2, 0.25) is 0 Å². The van der Waals surface area contributed by atoms with E-state index in [9.17, 15) is 13.6 Å². The van der Waals surface area contributed by atoms with E-state index >= 15 is 0 Å². The predicted octanol–water partition coefficient (Wildman–Crippen LogP) is 3.23. The molecule has 0 unspecified atom stereocenters. The van der Waals surface area contributed by atoms with Crippen LogP contribution >= 0.6 is 0 Å². The fourth-order valence-corrected chi connectivity index (χ4v) is 1.15. The number of carbonyl (C=O) groups is 1. The maximum Gasteiger partial charge on any atom is 0.341 e. The summed E-state index contributed by atoms with van der Waals surface area (Å²) >= 11 is 0. The number of carbonyl (C=O) groups excluding carboxylic acids is 1. The van der Waals surface area contributed by atoms with E-state index in [1.807, 2.05) is 0 Å². The first-order chi connectivity index (χ1) is 7.20. The molecule has 0 radical (unpaired) electrons. The zero-order valence-electron chi connectivity index (χ0n) is 9.73. The van der Waals surface area contributed by atoms with Gasteiger partial charge in [-0.15, -0.1) is 0 Å². The first-order valence-electron chi connectivity index (χ1n) is 4.90. The number of rotatable bonds is 1. The summed E-state index contributed by atoms with van der Waals surface area (Å²) in [4.78, 5) is 11.6. The van der Waals surface area contributed by atoms with Crippen LogP contribution in [0.1, 0.15) is 36.7 Å². The molecule has 0 saturated carbocycles. The minimum Gasteiger partial charge on any atom is -0.456 e. The Morgan fingerprint density at radius 1 is 1.19 bits per heavy atom. The van der Waals surface area contributed by atoms with Crippen LogP contribution in [0.25, 0.3) is 0 Å². The van der Waals surface area contributed by atoms with Crippen LogP contribution in [0.5, 0.6) is 0 Å². The molecule has 0 aromatic heterocycles. The summed E-state index contributed by atoms with van der Waals surface area (Å²) in [5.74, 6) is -2.37. The molecule has 0 fully saturated rings. The topological polar surface area (TPSA) is 26.3 Å². The molecule has 0 N–H and O–H groups in total. The van der Waals surface area contributed by atoms with Gasteiger partial charge in [0.25, 0.3) is 0 Å². The van der Waals surface area contributed by atoms with Crippen molar-refractivity contribution in [1.29, 1.82) is 0 Å². The van der Waals surface area contributed by atoms with Crippen LogP contribution in [0.4, 0.5) is 8.78 Å². The number of hydrogen-bond acceptors (Lipinski definition) is 2. The lowest BCUT2D eigenvalue weighted by Gasteiger charge is -2.19. The lowest BCUT2D eigenvalue weighted by Crippen LogP contribution is -2.24. The molecule has 0 saturated heterocycles. The van der Waals surface area contributed by atoms with Crippen LogP contribution in [0.15, 0.2) is 12.1 Å². The molecule has 88 valence electrons. The van der Waals surface area contributed by atoms with Crippen LogP contribution in [-0.4, -0.2) is 11.6 Å². The molecule has 0 spiro atoms. The largest absolute Gasteiger partial charge is 0.456 e. The number of esters is 1. The van der Waals surface area contributed by atoms with Crippen molar-refractivity contribution in [1.82, 2.24) is 0 Å². The van der Waals surface area contributed by atoms with Crippen molar-refractivity contribution in [3.8, 4) is 0 Å². The van der Waals surface area contributed by atoms with Gasteiger partial charge in [-0.05, 0) is 39.3 Å². The highest BCUT2D eigenvalue weighted by Gasteiger charge is 2.21. The van der Waals surface area contributed by atoms with Crippen LogP contribution in [0, 0.1) is 18.6 Å². The van der Waals surface area contributed by atoms with E-state index in [1.165, 1.54) is 6.92 Å². The highest BCUT2D eigenvalue weighted by molar-refractivity contribution is 5.90. The van der Waals surface area contributed by atoms with Crippen LogP contribution < -0.4 is 0 Å². The number of ether oxygens (including phenoxy) is 1. The molecule has 1 aromatic carbocycles. The third kappa shape index (κ3) is 3.02. The fourth-order valence-electron chi connectivity index (χ4n) is 1.15. The van der Waals surface area contributed by atoms with E-state index in [-0.39, 0.29) is 11.1 Å². The molecule has 0 aliphatic carbocycles. The average Bonchev–Trinajstić information content (AvgIpc) is 2.08. The van der Waals surface area contributed by atoms with Crippen molar-refractivity contribution in [3.05, 3.63) is 34.9 Å². The second-order valence-corrected chi connectivity index (χ2v) is 4.58. The van der Waals surface area contributed by atoms with E-state index in [0.29, 0.717) is 6.07 Å². The molecule has 1 aromatic rings. The number of aryl methyl sites for hydroxylation is 1. The molecule has 0 amide bonds. The monoisotopic (exact) mass is 228 g/mol. The molecule has 0 aliphatic rings. The number of halogens is 2. The highest BCUT2D eigenvalue weighted by Crippen LogP contribution is 2.18. The molecule has 0 aliphatic heterocycles. The predicted molar refractivity (Wildman–Crippen MR) is 56.3 cm³/mol. The minimum absolute atomic E-state index is 0.210. The quantitative estimate of drug-likeness (QED) is 0.690. The van der Waals surface area contributed by atoms with Gasteiger partial charge in [-0.25, -0.2) is 13.6 Å². The Morgan fingerprint density at radius 2 is 1.75 bits per heavy atom. The molecule has 4 heteroatoms. The van der Waals surface area contributed by atoms with Crippen molar-refractivity contribution in [2.24, 2.45) is 0 Å². The molecule has 2 nitrogen and oxygen atoms in total. The van der Waals surface area contributed by atoms with Crippen molar-refractivity contribution >= 4 is 5.97 Å². The lowest BCUT2D eigenvalue weighted by molar-refractivity contribution is 0.00645. The highest BCUT2D eigenvalue weighted by atomic mass is 19.1. The maximum atomic E-state index is 13.3. The third-order valence-corrected chi connectivity index (χ3v) is 1.87. The summed E-state index contributed by atoms with van der Waals surface area (Å²) in [5.41, 5.74) is -0.734. The number of benzene rings is 1. The lowest BCUT2D eigenvalue weighted by atomic mass is 10.1. The first kappa shape index (κ1) is 12.6. The first-order valence-corrected chi connectivity index (χ1v) is 4.90. The van der Waals surface area contributed by atoms with Crippen molar-refractivity contribution in [2.75, 3.05) is 0 Å². The molecule has 1 rings (SSSR count). The van der Waals surface area contributed by atoms with Gasteiger partial charge in [0.05, 0.1) is 5.56 Å². The zero-order chi connectivity index (χ0) is 12.5. The summed E-state index contributed by atoms with van der Waals surface area (Å²) in [7, 11) is 0. The van der Waals surface area contributed by atoms with Gasteiger partial charge in [-0.3, -0.25) is 0 Å². The Morgan fingerprint density at radius 3 is 2.25 bits per heavy atom. The molecule has 16 heavy (non-hydrogen) atoms. The Labute approximate surface area is 93.2 Å². The second-order valence-electron chi connectivity index (χ2n) is 4.58. The third-order valence-electron chi connectivity index (χ3n) is 1.87. The smallest absolute Gasteiger partial charge is 0.341 e. The van der Waals surface area contributed by atoms with E-state index in [4.69, 9.17) is 4.74 Å². The van der Waals surface area contributed by atoms with Gasteiger partial charge >= 0.3 is 5.97 Å². The van der Waals surface area contributed by atoms with Gasteiger partial charge in [-0.2, -0.15) is 0 Å². The summed E-state index contributed by atoms with van der Waals surface area (Å²) in [5, 5.41) is 0. The fraction of sp³-hybridized carbons (Fsp3) is 0.417. The van der Waals surface area contributed by atoms with Gasteiger partial charge in [0, 0.05) is 6.07 Å². The Kier molecular flexibility index (Phi) is 3.31. The van der Waals surface area contributed by atoms with Crippen LogP contribution in [0.3, 0.4) is 0 Å². The van der Waals surface area contributed by atoms with E-state index in [2.05, 4.69) is 0 Å². The maximum absolute atomic E-state index is 13.3. The molecule has 0 atom stereocenters. The SMILES string of the molecule is Cc1cc(C(=O)OC(C)(C)C)c(F)cc1F. The van der Waals surface area contributed by atoms with Crippen molar-refractivity contribution < 1.29 is 18.3 Å². The second kappa shape index (κ2) is 4.20. The van der Waals surface area contributed by atoms with Crippen molar-refractivity contribution in [2.45, 2.75) is 33.3 Å². The zero-order valence-corrected chi connectivity index (χ0v) is 9.73. The van der Waals surface area contributed by atoms with Gasteiger partial charge < -0.3 is 4.74 Å². The molecular weight excluding hydrogens is 214 g/mol. The van der Waals surface area contributed by atoms with Crippen LogP contribution in [-0.2, 0) is 4.74 Å². The molecule has 0 bridgehead atoms. The van der Waals surface area contributed by atoms with E-state index < -0.39 is 23.2 Å². The van der Waals surface area contributed by atoms with E-state index in [0.717, 1.165) is 6.07 Å². The van der Waals surface area contributed by atoms with Crippen molar-refractivity contribution in [3.63, 3.8) is 0 Å². The minimum atomic E-state index is -0.905. The summed E-state index contributed by atoms with van der Waals surface area (Å²) in [6.45, 7) is 6.50. The Bertz CT molecular complexity index is 420. The van der Waals surface area contributed by atoms with Crippen LogP contribution in [0.2, 0.25) is 0 Å². The Hall–Kier alpha value is -1.45. The summed E-state index contributed by atoms with van der Waals surface area (Å²) in [6, 6.07) is 1.84. The Balaban J connectivity index is 3.05. The standard InChI is InChI=1S/C12H14F2O2/c1-7-5-8(10(14)6-9(7)13)11(15)16-12(2,3)4/h5-6H,1-4H3. The average molecular weight is 228 g/mol. The summed E-state index contributed by atoms with van der Waals surface area (Å²) < 4.78 is 31.3. The summed E-state index contributed by atoms with van der Waals surface area (Å²) in [6.07, 6.45) is 0. The molecular formula is C12H14F2O2.